The van der Waals surface area contributed by atoms with Crippen molar-refractivity contribution in [2.24, 2.45) is 7.05 Å². The molecule has 2 rings (SSSR count). The van der Waals surface area contributed by atoms with Crippen molar-refractivity contribution in [1.82, 2.24) is 19.7 Å². The van der Waals surface area contributed by atoms with E-state index in [4.69, 9.17) is 4.74 Å². The van der Waals surface area contributed by atoms with Gasteiger partial charge in [-0.2, -0.15) is 10.1 Å². The van der Waals surface area contributed by atoms with E-state index >= 15 is 0 Å². The highest BCUT2D eigenvalue weighted by Crippen LogP contribution is 2.31. The third-order valence-corrected chi connectivity index (χ3v) is 3.23. The predicted molar refractivity (Wildman–Crippen MR) is 76.7 cm³/mol. The highest BCUT2D eigenvalue weighted by Gasteiger charge is 2.15. The summed E-state index contributed by atoms with van der Waals surface area (Å²) >= 11 is 3.39. The Bertz CT molecular complexity index is 596. The summed E-state index contributed by atoms with van der Waals surface area (Å²) in [6, 6.07) is 0. The van der Waals surface area contributed by atoms with Crippen LogP contribution in [0.5, 0.6) is 11.6 Å². The highest BCUT2D eigenvalue weighted by molar-refractivity contribution is 9.10. The van der Waals surface area contributed by atoms with E-state index < -0.39 is 0 Å². The Balaban J connectivity index is 2.34. The summed E-state index contributed by atoms with van der Waals surface area (Å²) in [5, 5.41) is 7.36. The van der Waals surface area contributed by atoms with E-state index in [0.29, 0.717) is 16.3 Å². The third-order valence-electron chi connectivity index (χ3n) is 2.69. The first-order valence-electron chi connectivity index (χ1n) is 5.97. The van der Waals surface area contributed by atoms with Gasteiger partial charge in [-0.15, -0.1) is 0 Å². The van der Waals surface area contributed by atoms with E-state index in [1.54, 1.807) is 10.9 Å². The Morgan fingerprint density at radius 2 is 2.16 bits per heavy atom. The summed E-state index contributed by atoms with van der Waals surface area (Å²) in [6.45, 7) is 6.60. The Labute approximate surface area is 120 Å². The van der Waals surface area contributed by atoms with Gasteiger partial charge < -0.3 is 10.1 Å². The van der Waals surface area contributed by atoms with Crippen molar-refractivity contribution in [1.29, 1.82) is 0 Å². The smallest absolute Gasteiger partial charge is 0.238 e. The van der Waals surface area contributed by atoms with Crippen molar-refractivity contribution in [3.05, 3.63) is 22.1 Å². The maximum Gasteiger partial charge on any atom is 0.238 e. The molecule has 19 heavy (non-hydrogen) atoms. The molecule has 0 spiro atoms. The summed E-state index contributed by atoms with van der Waals surface area (Å²) < 4.78 is 8.35. The van der Waals surface area contributed by atoms with E-state index in [-0.39, 0.29) is 0 Å². The molecule has 0 saturated carbocycles. The normalized spacial score (nSPS) is 10.6. The molecule has 0 aliphatic rings. The Kier molecular flexibility index (Phi) is 4.04. The second kappa shape index (κ2) is 5.56. The molecule has 6 nitrogen and oxygen atoms in total. The first kappa shape index (κ1) is 13.8. The van der Waals surface area contributed by atoms with Crippen molar-refractivity contribution in [3.8, 4) is 11.6 Å². The average Bonchev–Trinajstić information content (AvgIpc) is 2.60. The molecule has 0 atom stereocenters. The molecule has 7 heteroatoms. The summed E-state index contributed by atoms with van der Waals surface area (Å²) in [6.07, 6.45) is 1.67. The molecule has 1 N–H and O–H groups in total. The Hall–Kier alpha value is -1.63. The fourth-order valence-electron chi connectivity index (χ4n) is 1.66. The number of nitrogens with one attached hydrogen (secondary N) is 1. The molecule has 2 heterocycles. The molecule has 0 amide bonds. The van der Waals surface area contributed by atoms with E-state index in [2.05, 4.69) is 36.3 Å². The quantitative estimate of drug-likeness (QED) is 0.936. The maximum absolute atomic E-state index is 5.86. The Morgan fingerprint density at radius 1 is 1.42 bits per heavy atom. The van der Waals surface area contributed by atoms with Crippen LogP contribution in [0.4, 0.5) is 5.95 Å². The highest BCUT2D eigenvalue weighted by atomic mass is 79.9. The first-order valence-corrected chi connectivity index (χ1v) is 6.76. The van der Waals surface area contributed by atoms with Gasteiger partial charge in [-0.05, 0) is 36.7 Å². The van der Waals surface area contributed by atoms with Crippen LogP contribution in [0.15, 0.2) is 10.7 Å². The number of anilines is 1. The molecule has 2 aromatic heterocycles. The van der Waals surface area contributed by atoms with Crippen molar-refractivity contribution >= 4 is 21.9 Å². The monoisotopic (exact) mass is 325 g/mol. The van der Waals surface area contributed by atoms with E-state index in [1.165, 1.54) is 0 Å². The van der Waals surface area contributed by atoms with Crippen LogP contribution in [0.2, 0.25) is 0 Å². The van der Waals surface area contributed by atoms with Crippen LogP contribution in [-0.4, -0.2) is 26.3 Å². The SMILES string of the molecule is CCNc1ncc(Br)c(Oc2c(C)nn(C)c2C)n1. The molecule has 0 aliphatic carbocycles. The van der Waals surface area contributed by atoms with Gasteiger partial charge in [0.25, 0.3) is 0 Å². The lowest BCUT2D eigenvalue weighted by Crippen LogP contribution is -2.03. The van der Waals surface area contributed by atoms with E-state index in [0.717, 1.165) is 23.7 Å². The van der Waals surface area contributed by atoms with Gasteiger partial charge in [-0.1, -0.05) is 0 Å². The van der Waals surface area contributed by atoms with Gasteiger partial charge in [0.1, 0.15) is 5.69 Å². The molecule has 0 fully saturated rings. The van der Waals surface area contributed by atoms with E-state index in [9.17, 15) is 0 Å². The van der Waals surface area contributed by atoms with Crippen LogP contribution >= 0.6 is 15.9 Å². The van der Waals surface area contributed by atoms with Crippen LogP contribution < -0.4 is 10.1 Å². The van der Waals surface area contributed by atoms with Crippen molar-refractivity contribution in [2.45, 2.75) is 20.8 Å². The zero-order valence-electron chi connectivity index (χ0n) is 11.4. The largest absolute Gasteiger partial charge is 0.434 e. The number of aryl methyl sites for hydroxylation is 2. The van der Waals surface area contributed by atoms with Gasteiger partial charge in [0.15, 0.2) is 5.75 Å². The number of rotatable bonds is 4. The fraction of sp³-hybridized carbons (Fsp3) is 0.417. The van der Waals surface area contributed by atoms with Crippen LogP contribution in [0.3, 0.4) is 0 Å². The lowest BCUT2D eigenvalue weighted by Gasteiger charge is -2.08. The molecule has 2 aromatic rings. The summed E-state index contributed by atoms with van der Waals surface area (Å²) in [7, 11) is 1.88. The lowest BCUT2D eigenvalue weighted by molar-refractivity contribution is 0.451. The van der Waals surface area contributed by atoms with Crippen molar-refractivity contribution in [3.63, 3.8) is 0 Å². The van der Waals surface area contributed by atoms with Gasteiger partial charge in [0.05, 0.1) is 16.4 Å². The van der Waals surface area contributed by atoms with Gasteiger partial charge in [-0.3, -0.25) is 4.68 Å². The zero-order chi connectivity index (χ0) is 14.0. The van der Waals surface area contributed by atoms with Gasteiger partial charge >= 0.3 is 0 Å². The van der Waals surface area contributed by atoms with Crippen LogP contribution in [0.25, 0.3) is 0 Å². The second-order valence-electron chi connectivity index (χ2n) is 4.10. The topological polar surface area (TPSA) is 64.9 Å². The van der Waals surface area contributed by atoms with Crippen LogP contribution in [-0.2, 0) is 7.05 Å². The van der Waals surface area contributed by atoms with Crippen molar-refractivity contribution < 1.29 is 4.74 Å². The summed E-state index contributed by atoms with van der Waals surface area (Å²) in [5.41, 5.74) is 1.78. The Morgan fingerprint density at radius 3 is 2.74 bits per heavy atom. The minimum atomic E-state index is 0.477. The molecule has 0 unspecified atom stereocenters. The lowest BCUT2D eigenvalue weighted by atomic mass is 10.3. The van der Waals surface area contributed by atoms with Crippen molar-refractivity contribution in [2.75, 3.05) is 11.9 Å². The molecule has 0 aromatic carbocycles. The summed E-state index contributed by atoms with van der Waals surface area (Å²) in [5.74, 6) is 1.74. The molecule has 0 radical (unpaired) electrons. The number of hydrogen-bond acceptors (Lipinski definition) is 5. The molecule has 102 valence electrons. The molecule has 0 aliphatic heterocycles. The molecule has 0 bridgehead atoms. The maximum atomic E-state index is 5.86. The number of ether oxygens (including phenoxy) is 1. The number of hydrogen-bond donors (Lipinski definition) is 1. The minimum Gasteiger partial charge on any atom is -0.434 e. The third kappa shape index (κ3) is 2.86. The number of nitrogens with zero attached hydrogens (tertiary/aromatic N) is 4. The first-order chi connectivity index (χ1) is 9.02. The van der Waals surface area contributed by atoms with Gasteiger partial charge in [0.2, 0.25) is 11.8 Å². The fourth-order valence-corrected chi connectivity index (χ4v) is 1.94. The number of aromatic nitrogens is 4. The van der Waals surface area contributed by atoms with Gasteiger partial charge in [0, 0.05) is 13.6 Å². The number of halogens is 1. The summed E-state index contributed by atoms with van der Waals surface area (Å²) in [4.78, 5) is 8.47. The van der Waals surface area contributed by atoms with Crippen LogP contribution in [0.1, 0.15) is 18.3 Å². The molecular formula is C12H16BrN5O. The standard InChI is InChI=1S/C12H16BrN5O/c1-5-14-12-15-6-9(13)11(16-12)19-10-7(2)17-18(4)8(10)3/h6H,5H2,1-4H3,(H,14,15,16). The molecular weight excluding hydrogens is 310 g/mol. The predicted octanol–water partition coefficient (Wildman–Crippen LogP) is 2.81. The average molecular weight is 326 g/mol. The van der Waals surface area contributed by atoms with Crippen LogP contribution in [0, 0.1) is 13.8 Å². The van der Waals surface area contributed by atoms with E-state index in [1.807, 2.05) is 27.8 Å². The minimum absolute atomic E-state index is 0.477. The second-order valence-corrected chi connectivity index (χ2v) is 4.96. The van der Waals surface area contributed by atoms with Gasteiger partial charge in [-0.25, -0.2) is 4.98 Å². The zero-order valence-corrected chi connectivity index (χ0v) is 12.9. The molecule has 0 saturated heterocycles.